The van der Waals surface area contributed by atoms with Crippen molar-refractivity contribution in [2.24, 2.45) is 0 Å². The second-order valence-corrected chi connectivity index (χ2v) is 8.68. The summed E-state index contributed by atoms with van der Waals surface area (Å²) in [5, 5.41) is 5.18. The number of ether oxygens (including phenoxy) is 1. The minimum Gasteiger partial charge on any atom is -0.462 e. The van der Waals surface area contributed by atoms with E-state index in [4.69, 9.17) is 16.3 Å². The molecule has 0 spiro atoms. The molecule has 1 aliphatic rings. The Balaban J connectivity index is 1.50. The van der Waals surface area contributed by atoms with Crippen LogP contribution in [0.15, 0.2) is 83.5 Å². The molecule has 8 nitrogen and oxygen atoms in total. The summed E-state index contributed by atoms with van der Waals surface area (Å²) in [7, 11) is 0. The van der Waals surface area contributed by atoms with Gasteiger partial charge >= 0.3 is 5.97 Å². The first kappa shape index (κ1) is 26.6. The number of esters is 1. The van der Waals surface area contributed by atoms with Crippen LogP contribution < -0.4 is 15.5 Å². The normalized spacial score (nSPS) is 13.1. The first-order valence-corrected chi connectivity index (χ1v) is 12.2. The summed E-state index contributed by atoms with van der Waals surface area (Å²) >= 11 is 6.16. The Morgan fingerprint density at radius 3 is 2.45 bits per heavy atom. The van der Waals surface area contributed by atoms with E-state index in [0.29, 0.717) is 5.69 Å². The molecule has 0 atom stereocenters. The summed E-state index contributed by atoms with van der Waals surface area (Å²) < 4.78 is 18.5. The van der Waals surface area contributed by atoms with Crippen LogP contribution in [0.5, 0.6) is 0 Å². The molecular formula is C28H23ClFN3O5. The third kappa shape index (κ3) is 5.73. The van der Waals surface area contributed by atoms with Gasteiger partial charge in [0.2, 0.25) is 0 Å². The van der Waals surface area contributed by atoms with E-state index < -0.39 is 29.5 Å². The zero-order valence-corrected chi connectivity index (χ0v) is 21.0. The fraction of sp³-hybridized carbons (Fsp3) is 0.143. The van der Waals surface area contributed by atoms with E-state index in [-0.39, 0.29) is 39.8 Å². The Morgan fingerprint density at radius 1 is 0.974 bits per heavy atom. The second kappa shape index (κ2) is 11.7. The topological polar surface area (TPSA) is 105 Å². The number of imide groups is 1. The number of para-hydroxylation sites is 1. The molecule has 194 valence electrons. The highest BCUT2D eigenvalue weighted by Crippen LogP contribution is 2.30. The third-order valence-corrected chi connectivity index (χ3v) is 5.98. The molecule has 3 aromatic carbocycles. The van der Waals surface area contributed by atoms with Crippen LogP contribution in [0, 0.1) is 5.82 Å². The molecule has 0 unspecified atom stereocenters. The van der Waals surface area contributed by atoms with Gasteiger partial charge < -0.3 is 15.4 Å². The number of anilines is 3. The monoisotopic (exact) mass is 535 g/mol. The first-order valence-electron chi connectivity index (χ1n) is 11.8. The highest BCUT2D eigenvalue weighted by molar-refractivity contribution is 6.53. The van der Waals surface area contributed by atoms with Gasteiger partial charge in [0.15, 0.2) is 0 Å². The Kier molecular flexibility index (Phi) is 8.18. The molecule has 3 amide bonds. The summed E-state index contributed by atoms with van der Waals surface area (Å²) in [4.78, 5) is 51.9. The van der Waals surface area contributed by atoms with E-state index in [0.717, 1.165) is 29.9 Å². The van der Waals surface area contributed by atoms with Crippen molar-refractivity contribution in [3.8, 4) is 0 Å². The van der Waals surface area contributed by atoms with Gasteiger partial charge in [-0.2, -0.15) is 0 Å². The van der Waals surface area contributed by atoms with Gasteiger partial charge in [0.25, 0.3) is 17.7 Å². The number of nitrogens with zero attached hydrogens (tertiary/aromatic N) is 1. The second-order valence-electron chi connectivity index (χ2n) is 8.31. The zero-order chi connectivity index (χ0) is 27.2. The average Bonchev–Trinajstić information content (AvgIpc) is 3.12. The molecule has 0 aromatic heterocycles. The SMILES string of the molecule is CCCCOC(=O)c1ccccc1NC(=O)c1cccc(NC2=C(Cl)C(=O)N(c3ccc(F)cc3)C2=O)c1. The van der Waals surface area contributed by atoms with Crippen molar-refractivity contribution >= 4 is 52.4 Å². The molecule has 3 aromatic rings. The van der Waals surface area contributed by atoms with Crippen LogP contribution in [0.1, 0.15) is 40.5 Å². The highest BCUT2D eigenvalue weighted by Gasteiger charge is 2.39. The van der Waals surface area contributed by atoms with Gasteiger partial charge in [0.1, 0.15) is 16.5 Å². The van der Waals surface area contributed by atoms with Gasteiger partial charge in [-0.05, 0) is 61.0 Å². The van der Waals surface area contributed by atoms with Crippen LogP contribution in [-0.2, 0) is 14.3 Å². The van der Waals surface area contributed by atoms with E-state index in [1.165, 1.54) is 18.2 Å². The first-order chi connectivity index (χ1) is 18.3. The van der Waals surface area contributed by atoms with Crippen molar-refractivity contribution in [1.82, 2.24) is 0 Å². The number of carbonyl (C=O) groups excluding carboxylic acids is 4. The van der Waals surface area contributed by atoms with E-state index in [9.17, 15) is 23.6 Å². The quantitative estimate of drug-likeness (QED) is 0.214. The lowest BCUT2D eigenvalue weighted by atomic mass is 10.1. The number of hydrogen-bond donors (Lipinski definition) is 2. The number of benzene rings is 3. The van der Waals surface area contributed by atoms with Gasteiger partial charge in [-0.25, -0.2) is 14.1 Å². The fourth-order valence-corrected chi connectivity index (χ4v) is 3.88. The van der Waals surface area contributed by atoms with Crippen LogP contribution in [0.2, 0.25) is 0 Å². The predicted molar refractivity (Wildman–Crippen MR) is 141 cm³/mol. The van der Waals surface area contributed by atoms with E-state index in [1.807, 2.05) is 6.92 Å². The maximum Gasteiger partial charge on any atom is 0.340 e. The minimum atomic E-state index is -0.762. The third-order valence-electron chi connectivity index (χ3n) is 5.63. The number of hydrogen-bond acceptors (Lipinski definition) is 6. The smallest absolute Gasteiger partial charge is 0.340 e. The van der Waals surface area contributed by atoms with Gasteiger partial charge in [0, 0.05) is 11.3 Å². The van der Waals surface area contributed by atoms with Crippen molar-refractivity contribution in [2.45, 2.75) is 19.8 Å². The minimum absolute atomic E-state index is 0.163. The van der Waals surface area contributed by atoms with Gasteiger partial charge in [-0.3, -0.25) is 14.4 Å². The molecule has 38 heavy (non-hydrogen) atoms. The Hall–Kier alpha value is -4.50. The standard InChI is InChI=1S/C28H23ClFN3O5/c1-2-3-15-38-28(37)21-9-4-5-10-22(21)32-25(34)17-7-6-8-19(16-17)31-24-23(29)26(35)33(27(24)36)20-13-11-18(30)12-14-20/h4-14,16,31H,2-3,15H2,1H3,(H,32,34). The van der Waals surface area contributed by atoms with Crippen LogP contribution in [0.25, 0.3) is 0 Å². The van der Waals surface area contributed by atoms with Crippen LogP contribution in [-0.4, -0.2) is 30.3 Å². The lowest BCUT2D eigenvalue weighted by Gasteiger charge is -2.15. The van der Waals surface area contributed by atoms with Gasteiger partial charge in [0.05, 0.1) is 23.5 Å². The molecule has 0 radical (unpaired) electrons. The van der Waals surface area contributed by atoms with Gasteiger partial charge in [-0.1, -0.05) is 43.1 Å². The number of rotatable bonds is 9. The van der Waals surface area contributed by atoms with Crippen LogP contribution in [0.3, 0.4) is 0 Å². The molecule has 4 rings (SSSR count). The summed E-state index contributed by atoms with van der Waals surface area (Å²) in [6, 6.07) is 17.5. The Labute approximate surface area is 223 Å². The Bertz CT molecular complexity index is 1440. The number of halogens is 2. The summed E-state index contributed by atoms with van der Waals surface area (Å²) in [6.45, 7) is 2.26. The lowest BCUT2D eigenvalue weighted by molar-refractivity contribution is -0.120. The number of nitrogens with one attached hydrogen (secondary N) is 2. The molecule has 0 aliphatic carbocycles. The lowest BCUT2D eigenvalue weighted by Crippen LogP contribution is -2.32. The molecule has 0 fully saturated rings. The average molecular weight is 536 g/mol. The number of amides is 3. The molecule has 0 saturated heterocycles. The van der Waals surface area contributed by atoms with E-state index in [2.05, 4.69) is 10.6 Å². The molecule has 0 bridgehead atoms. The summed E-state index contributed by atoms with van der Waals surface area (Å²) in [5.41, 5.74) is 1.03. The van der Waals surface area contributed by atoms with Gasteiger partial charge in [-0.15, -0.1) is 0 Å². The van der Waals surface area contributed by atoms with Crippen molar-refractivity contribution in [2.75, 3.05) is 22.1 Å². The van der Waals surface area contributed by atoms with E-state index in [1.54, 1.807) is 42.5 Å². The Morgan fingerprint density at radius 2 is 1.71 bits per heavy atom. The van der Waals surface area contributed by atoms with Crippen molar-refractivity contribution in [3.63, 3.8) is 0 Å². The van der Waals surface area contributed by atoms with E-state index >= 15 is 0 Å². The maximum absolute atomic E-state index is 13.3. The predicted octanol–water partition coefficient (Wildman–Crippen LogP) is 5.47. The van der Waals surface area contributed by atoms with Crippen molar-refractivity contribution in [3.05, 3.63) is 100 Å². The van der Waals surface area contributed by atoms with Crippen molar-refractivity contribution < 1.29 is 28.3 Å². The molecule has 2 N–H and O–H groups in total. The number of carbonyl (C=O) groups is 4. The highest BCUT2D eigenvalue weighted by atomic mass is 35.5. The van der Waals surface area contributed by atoms with Crippen molar-refractivity contribution in [1.29, 1.82) is 0 Å². The molecule has 1 aliphatic heterocycles. The largest absolute Gasteiger partial charge is 0.462 e. The zero-order valence-electron chi connectivity index (χ0n) is 20.3. The van der Waals surface area contributed by atoms with Crippen LogP contribution >= 0.6 is 11.6 Å². The molecule has 0 saturated carbocycles. The van der Waals surface area contributed by atoms with Crippen LogP contribution in [0.4, 0.5) is 21.5 Å². The molecule has 1 heterocycles. The number of unbranched alkanes of at least 4 members (excludes halogenated alkanes) is 1. The summed E-state index contributed by atoms with van der Waals surface area (Å²) in [6.07, 6.45) is 1.61. The molecular weight excluding hydrogens is 513 g/mol. The molecule has 10 heteroatoms. The fourth-order valence-electron chi connectivity index (χ4n) is 3.67. The maximum atomic E-state index is 13.3. The summed E-state index contributed by atoms with van der Waals surface area (Å²) in [5.74, 6) is -3.05.